The molecule has 1 amide bonds. The summed E-state index contributed by atoms with van der Waals surface area (Å²) >= 11 is -2.05. The van der Waals surface area contributed by atoms with Crippen molar-refractivity contribution in [1.82, 2.24) is 15.2 Å². The van der Waals surface area contributed by atoms with Crippen molar-refractivity contribution in [3.63, 3.8) is 0 Å². The van der Waals surface area contributed by atoms with Crippen molar-refractivity contribution in [2.24, 2.45) is 0 Å². The Labute approximate surface area is 189 Å². The number of aromatic amines is 1. The molecular formula is C24H26N3O4S-. The molecule has 2 aromatic carbocycles. The van der Waals surface area contributed by atoms with Gasteiger partial charge in [0.15, 0.2) is 5.78 Å². The Morgan fingerprint density at radius 3 is 2.75 bits per heavy atom. The molecule has 0 aliphatic carbocycles. The summed E-state index contributed by atoms with van der Waals surface area (Å²) in [4.78, 5) is 30.6. The number of hydrogen-bond acceptors (Lipinski definition) is 5. The van der Waals surface area contributed by atoms with E-state index < -0.39 is 17.1 Å². The van der Waals surface area contributed by atoms with Gasteiger partial charge >= 0.3 is 0 Å². The third kappa shape index (κ3) is 4.98. The number of carbonyl (C=O) groups is 2. The minimum atomic E-state index is -2.05. The van der Waals surface area contributed by atoms with E-state index in [2.05, 4.69) is 10.3 Å². The third-order valence-electron chi connectivity index (χ3n) is 5.93. The number of nitrogens with one attached hydrogen (secondary N) is 2. The molecule has 32 heavy (non-hydrogen) atoms. The molecule has 0 spiro atoms. The van der Waals surface area contributed by atoms with Crippen molar-refractivity contribution in [2.45, 2.75) is 31.3 Å². The average Bonchev–Trinajstić information content (AvgIpc) is 3.34. The Morgan fingerprint density at radius 2 is 2.06 bits per heavy atom. The lowest BCUT2D eigenvalue weighted by molar-refractivity contribution is -0.126. The predicted octanol–water partition coefficient (Wildman–Crippen LogP) is 2.72. The van der Waals surface area contributed by atoms with Crippen LogP contribution in [0.3, 0.4) is 0 Å². The molecule has 4 rings (SSSR count). The van der Waals surface area contributed by atoms with E-state index in [1.54, 1.807) is 18.1 Å². The molecule has 0 bridgehead atoms. The van der Waals surface area contributed by atoms with Crippen molar-refractivity contribution < 1.29 is 18.4 Å². The Kier molecular flexibility index (Phi) is 6.83. The number of nitrogens with zero attached hydrogens (tertiary/aromatic N) is 1. The van der Waals surface area contributed by atoms with E-state index in [9.17, 15) is 18.4 Å². The topological polar surface area (TPSA) is 105 Å². The van der Waals surface area contributed by atoms with Crippen LogP contribution in [0.25, 0.3) is 10.9 Å². The van der Waals surface area contributed by atoms with Gasteiger partial charge in [0.05, 0.1) is 6.04 Å². The largest absolute Gasteiger partial charge is 0.772 e. The van der Waals surface area contributed by atoms with Crippen molar-refractivity contribution in [3.8, 4) is 0 Å². The SMILES string of the molecule is CN1CC(NC(C(=O)c2c[nH]c3ccc(CCCS(=O)[O-])cc23)c2ccccc2)CC1=O. The number of Topliss-reactive ketones (excluding diaryl/α,β-unsaturated/α-hetero) is 1. The van der Waals surface area contributed by atoms with E-state index in [4.69, 9.17) is 0 Å². The molecule has 3 unspecified atom stereocenters. The highest BCUT2D eigenvalue weighted by molar-refractivity contribution is 7.79. The van der Waals surface area contributed by atoms with E-state index in [1.807, 2.05) is 48.5 Å². The number of H-pyrrole nitrogens is 1. The number of likely N-dealkylation sites (tertiary alicyclic amines) is 1. The van der Waals surface area contributed by atoms with Gasteiger partial charge in [0.1, 0.15) is 0 Å². The summed E-state index contributed by atoms with van der Waals surface area (Å²) in [6, 6.07) is 14.7. The first kappa shape index (κ1) is 22.4. The van der Waals surface area contributed by atoms with Gasteiger partial charge in [0.25, 0.3) is 0 Å². The molecule has 168 valence electrons. The van der Waals surface area contributed by atoms with Crippen LogP contribution in [0, 0.1) is 0 Å². The van der Waals surface area contributed by atoms with Crippen LogP contribution < -0.4 is 5.32 Å². The molecule has 1 aliphatic rings. The smallest absolute Gasteiger partial charge is 0.224 e. The number of fused-ring (bicyclic) bond motifs is 1. The Balaban J connectivity index is 1.62. The van der Waals surface area contributed by atoms with Crippen LogP contribution in [-0.2, 0) is 22.3 Å². The molecule has 0 radical (unpaired) electrons. The molecule has 0 saturated carbocycles. The fraction of sp³-hybridized carbons (Fsp3) is 0.333. The lowest BCUT2D eigenvalue weighted by atomic mass is 9.95. The zero-order valence-corrected chi connectivity index (χ0v) is 18.7. The molecule has 2 N–H and O–H groups in total. The molecular weight excluding hydrogens is 426 g/mol. The van der Waals surface area contributed by atoms with Gasteiger partial charge in [-0.2, -0.15) is 0 Å². The van der Waals surface area contributed by atoms with E-state index in [0.717, 1.165) is 22.0 Å². The van der Waals surface area contributed by atoms with Crippen molar-refractivity contribution in [2.75, 3.05) is 19.3 Å². The Hall–Kier alpha value is -2.81. The number of hydrogen-bond donors (Lipinski definition) is 2. The van der Waals surface area contributed by atoms with Crippen LogP contribution in [0.2, 0.25) is 0 Å². The summed E-state index contributed by atoms with van der Waals surface area (Å²) in [6.07, 6.45) is 3.26. The fourth-order valence-electron chi connectivity index (χ4n) is 4.26. The maximum Gasteiger partial charge on any atom is 0.224 e. The number of rotatable bonds is 9. The highest BCUT2D eigenvalue weighted by atomic mass is 32.2. The average molecular weight is 453 g/mol. The minimum Gasteiger partial charge on any atom is -0.772 e. The number of carbonyl (C=O) groups excluding carboxylic acids is 2. The summed E-state index contributed by atoms with van der Waals surface area (Å²) in [5.74, 6) is 0.116. The number of benzene rings is 2. The van der Waals surface area contributed by atoms with Crippen molar-refractivity contribution in [1.29, 1.82) is 0 Å². The van der Waals surface area contributed by atoms with E-state index in [1.165, 1.54) is 0 Å². The second-order valence-corrected chi connectivity index (χ2v) is 9.26. The first-order valence-electron chi connectivity index (χ1n) is 10.7. The van der Waals surface area contributed by atoms with E-state index in [0.29, 0.717) is 31.4 Å². The quantitative estimate of drug-likeness (QED) is 0.384. The molecule has 2 heterocycles. The van der Waals surface area contributed by atoms with Crippen molar-refractivity contribution in [3.05, 3.63) is 71.4 Å². The molecule has 8 heteroatoms. The summed E-state index contributed by atoms with van der Waals surface area (Å²) in [6.45, 7) is 0.564. The molecule has 1 aromatic heterocycles. The van der Waals surface area contributed by atoms with Crippen LogP contribution in [0.1, 0.15) is 40.4 Å². The lowest BCUT2D eigenvalue weighted by Crippen LogP contribution is -2.38. The number of aryl methyl sites for hydroxylation is 1. The normalized spacial score (nSPS) is 18.2. The highest BCUT2D eigenvalue weighted by Crippen LogP contribution is 2.27. The summed E-state index contributed by atoms with van der Waals surface area (Å²) in [5.41, 5.74) is 3.27. The van der Waals surface area contributed by atoms with Crippen LogP contribution in [0.5, 0.6) is 0 Å². The van der Waals surface area contributed by atoms with Gasteiger partial charge in [0.2, 0.25) is 5.91 Å². The molecule has 1 aliphatic heterocycles. The van der Waals surface area contributed by atoms with Crippen LogP contribution in [-0.4, -0.2) is 55.7 Å². The van der Waals surface area contributed by atoms with E-state index >= 15 is 0 Å². The standard InChI is InChI=1S/C24H27N3O4S/c1-27-15-18(13-22(27)28)26-23(17-7-3-2-4-8-17)24(29)20-14-25-21-10-9-16(12-19(20)21)6-5-11-32(30)31/h2-4,7-10,12,14,18,23,25-26H,5-6,11,13,15H2,1H3,(H,30,31)/p-1. The summed E-state index contributed by atoms with van der Waals surface area (Å²) in [5, 5.41) is 4.23. The third-order valence-corrected chi connectivity index (χ3v) is 6.55. The maximum atomic E-state index is 13.7. The van der Waals surface area contributed by atoms with E-state index in [-0.39, 0.29) is 23.5 Å². The van der Waals surface area contributed by atoms with Gasteiger partial charge in [-0.3, -0.25) is 19.1 Å². The van der Waals surface area contributed by atoms with Gasteiger partial charge in [-0.15, -0.1) is 0 Å². The number of amides is 1. The summed E-state index contributed by atoms with van der Waals surface area (Å²) in [7, 11) is 1.77. The second-order valence-electron chi connectivity index (χ2n) is 8.24. The monoisotopic (exact) mass is 452 g/mol. The van der Waals surface area contributed by atoms with Crippen LogP contribution >= 0.6 is 0 Å². The van der Waals surface area contributed by atoms with Crippen LogP contribution in [0.15, 0.2) is 54.7 Å². The predicted molar refractivity (Wildman–Crippen MR) is 123 cm³/mol. The zero-order valence-electron chi connectivity index (χ0n) is 17.9. The highest BCUT2D eigenvalue weighted by Gasteiger charge is 2.32. The van der Waals surface area contributed by atoms with Crippen molar-refractivity contribution >= 4 is 33.7 Å². The number of aromatic nitrogens is 1. The van der Waals surface area contributed by atoms with Gasteiger partial charge in [-0.1, -0.05) is 47.5 Å². The molecule has 3 atom stereocenters. The van der Waals surface area contributed by atoms with Gasteiger partial charge in [0, 0.05) is 54.5 Å². The fourth-order valence-corrected chi connectivity index (χ4v) is 4.64. The first-order chi connectivity index (χ1) is 15.4. The lowest BCUT2D eigenvalue weighted by Gasteiger charge is -2.22. The summed E-state index contributed by atoms with van der Waals surface area (Å²) < 4.78 is 21.6. The second kappa shape index (κ2) is 9.77. The zero-order chi connectivity index (χ0) is 22.7. The molecule has 7 nitrogen and oxygen atoms in total. The van der Waals surface area contributed by atoms with Crippen LogP contribution in [0.4, 0.5) is 0 Å². The number of likely N-dealkylation sites (N-methyl/N-ethyl adjacent to an activating group) is 1. The Bertz CT molecular complexity index is 1140. The molecule has 1 fully saturated rings. The van der Waals surface area contributed by atoms with Gasteiger partial charge in [-0.25, -0.2) is 0 Å². The maximum absolute atomic E-state index is 13.7. The first-order valence-corrected chi connectivity index (χ1v) is 11.9. The Morgan fingerprint density at radius 1 is 1.28 bits per heavy atom. The number of ketones is 1. The molecule has 3 aromatic rings. The molecule has 1 saturated heterocycles. The van der Waals surface area contributed by atoms with Gasteiger partial charge < -0.3 is 14.4 Å². The van der Waals surface area contributed by atoms with Gasteiger partial charge in [-0.05, 0) is 36.1 Å². The minimum absolute atomic E-state index is 0.0671.